The Bertz CT molecular complexity index is 481. The van der Waals surface area contributed by atoms with E-state index in [1.165, 1.54) is 0 Å². The van der Waals surface area contributed by atoms with Crippen molar-refractivity contribution in [2.45, 2.75) is 46.7 Å². The van der Waals surface area contributed by atoms with Crippen LogP contribution in [0.2, 0.25) is 6.04 Å². The smallest absolute Gasteiger partial charge is 0.374 e. The van der Waals surface area contributed by atoms with Gasteiger partial charge in [0.05, 0.1) is 0 Å². The number of urea groups is 1. The summed E-state index contributed by atoms with van der Waals surface area (Å²) in [6.07, 6.45) is 4.40. The van der Waals surface area contributed by atoms with Crippen LogP contribution in [0.15, 0.2) is 12.4 Å². The molecule has 1 aromatic rings. The lowest BCUT2D eigenvalue weighted by Crippen LogP contribution is -2.46. The SMILES string of the molecule is CCO[Si](CCCNC(=O)NCCn1ccnc1C)(OCC)OCC. The molecule has 1 aromatic heterocycles. The van der Waals surface area contributed by atoms with Crippen molar-refractivity contribution in [3.05, 3.63) is 18.2 Å². The van der Waals surface area contributed by atoms with Crippen molar-refractivity contribution in [1.29, 1.82) is 0 Å². The topological polar surface area (TPSA) is 86.6 Å². The van der Waals surface area contributed by atoms with Crippen LogP contribution in [0.1, 0.15) is 33.0 Å². The molecule has 0 aliphatic carbocycles. The molecule has 1 rings (SSSR count). The van der Waals surface area contributed by atoms with E-state index < -0.39 is 8.80 Å². The van der Waals surface area contributed by atoms with Crippen LogP contribution in [0, 0.1) is 6.92 Å². The molecule has 0 fully saturated rings. The molecule has 2 amide bonds. The van der Waals surface area contributed by atoms with Gasteiger partial charge in [0.2, 0.25) is 0 Å². The Hall–Kier alpha value is -1.42. The first kappa shape index (κ1) is 21.6. The van der Waals surface area contributed by atoms with E-state index in [2.05, 4.69) is 15.6 Å². The highest BCUT2D eigenvalue weighted by Crippen LogP contribution is 2.17. The Morgan fingerprint density at radius 3 is 2.24 bits per heavy atom. The number of imidazole rings is 1. The van der Waals surface area contributed by atoms with Crippen LogP contribution in [-0.2, 0) is 19.8 Å². The van der Waals surface area contributed by atoms with Crippen LogP contribution < -0.4 is 10.6 Å². The van der Waals surface area contributed by atoms with Crippen molar-refractivity contribution in [1.82, 2.24) is 20.2 Å². The Morgan fingerprint density at radius 2 is 1.72 bits per heavy atom. The first-order valence-corrected chi connectivity index (χ1v) is 10.9. The summed E-state index contributed by atoms with van der Waals surface area (Å²) in [5.74, 6) is 0.936. The molecule has 0 aliphatic rings. The molecule has 0 saturated carbocycles. The molecular weight excluding hydrogens is 340 g/mol. The van der Waals surface area contributed by atoms with E-state index in [4.69, 9.17) is 13.3 Å². The van der Waals surface area contributed by atoms with Gasteiger partial charge >= 0.3 is 14.8 Å². The van der Waals surface area contributed by atoms with Gasteiger partial charge in [0.1, 0.15) is 5.82 Å². The number of hydrogen-bond acceptors (Lipinski definition) is 5. The molecule has 0 saturated heterocycles. The van der Waals surface area contributed by atoms with E-state index >= 15 is 0 Å². The minimum atomic E-state index is -2.62. The van der Waals surface area contributed by atoms with Gasteiger partial charge in [0.15, 0.2) is 0 Å². The minimum absolute atomic E-state index is 0.172. The lowest BCUT2D eigenvalue weighted by Gasteiger charge is -2.28. The second-order valence-corrected chi connectivity index (χ2v) is 8.17. The Morgan fingerprint density at radius 1 is 1.12 bits per heavy atom. The zero-order chi connectivity index (χ0) is 18.5. The number of carbonyl (C=O) groups excluding carboxylic acids is 1. The van der Waals surface area contributed by atoms with Crippen LogP contribution in [-0.4, -0.2) is 57.3 Å². The molecule has 0 unspecified atom stereocenters. The van der Waals surface area contributed by atoms with Crippen molar-refractivity contribution in [3.8, 4) is 0 Å². The van der Waals surface area contributed by atoms with E-state index in [-0.39, 0.29) is 6.03 Å². The molecular formula is C16H32N4O4Si. The fourth-order valence-corrected chi connectivity index (χ4v) is 5.11. The van der Waals surface area contributed by atoms with Gasteiger partial charge in [-0.2, -0.15) is 0 Å². The Balaban J connectivity index is 2.25. The van der Waals surface area contributed by atoms with Crippen molar-refractivity contribution >= 4 is 14.8 Å². The highest BCUT2D eigenvalue weighted by molar-refractivity contribution is 6.60. The maximum absolute atomic E-state index is 11.8. The average molecular weight is 373 g/mol. The third-order valence-corrected chi connectivity index (χ3v) is 6.75. The molecule has 144 valence electrons. The van der Waals surface area contributed by atoms with Crippen LogP contribution >= 0.6 is 0 Å². The van der Waals surface area contributed by atoms with Crippen LogP contribution in [0.25, 0.3) is 0 Å². The predicted molar refractivity (Wildman–Crippen MR) is 98.4 cm³/mol. The zero-order valence-electron chi connectivity index (χ0n) is 15.8. The quantitative estimate of drug-likeness (QED) is 0.408. The van der Waals surface area contributed by atoms with Gasteiger partial charge in [-0.1, -0.05) is 0 Å². The van der Waals surface area contributed by atoms with Gasteiger partial charge in [0.25, 0.3) is 0 Å². The van der Waals surface area contributed by atoms with Gasteiger partial charge in [0, 0.05) is 57.9 Å². The molecule has 25 heavy (non-hydrogen) atoms. The fraction of sp³-hybridized carbons (Fsp3) is 0.750. The van der Waals surface area contributed by atoms with Gasteiger partial charge in [-0.05, 0) is 34.1 Å². The average Bonchev–Trinajstić information content (AvgIpc) is 2.98. The molecule has 0 radical (unpaired) electrons. The summed E-state index contributed by atoms with van der Waals surface area (Å²) in [7, 11) is -2.62. The monoisotopic (exact) mass is 372 g/mol. The van der Waals surface area contributed by atoms with Crippen molar-refractivity contribution < 1.29 is 18.1 Å². The standard InChI is InChI=1S/C16H32N4O4Si/c1-5-22-25(23-6-2,24-7-3)14-8-9-18-16(21)19-11-13-20-12-10-17-15(20)4/h10,12H,5-9,11,13-14H2,1-4H3,(H2,18,19,21). The number of carbonyl (C=O) groups is 1. The summed E-state index contributed by atoms with van der Waals surface area (Å²) in [6, 6.07) is 0.520. The number of rotatable bonds is 13. The largest absolute Gasteiger partial charge is 0.500 e. The van der Waals surface area contributed by atoms with Gasteiger partial charge < -0.3 is 28.5 Å². The van der Waals surface area contributed by atoms with Gasteiger partial charge in [-0.15, -0.1) is 0 Å². The number of nitrogens with zero attached hydrogens (tertiary/aromatic N) is 2. The Labute approximate surface area is 151 Å². The van der Waals surface area contributed by atoms with Crippen LogP contribution in [0.4, 0.5) is 4.79 Å². The van der Waals surface area contributed by atoms with Gasteiger partial charge in [-0.3, -0.25) is 0 Å². The maximum atomic E-state index is 11.8. The summed E-state index contributed by atoms with van der Waals surface area (Å²) < 4.78 is 19.4. The number of nitrogens with one attached hydrogen (secondary N) is 2. The number of aromatic nitrogens is 2. The second kappa shape index (κ2) is 12.0. The minimum Gasteiger partial charge on any atom is -0.374 e. The van der Waals surface area contributed by atoms with E-state index in [9.17, 15) is 4.79 Å². The lowest BCUT2D eigenvalue weighted by atomic mass is 10.5. The third-order valence-electron chi connectivity index (χ3n) is 3.60. The molecule has 0 bridgehead atoms. The normalized spacial score (nSPS) is 11.5. The third kappa shape index (κ3) is 8.00. The fourth-order valence-electron chi connectivity index (χ4n) is 2.50. The van der Waals surface area contributed by atoms with Crippen molar-refractivity contribution in [2.24, 2.45) is 0 Å². The van der Waals surface area contributed by atoms with E-state index in [1.807, 2.05) is 38.5 Å². The van der Waals surface area contributed by atoms with E-state index in [0.717, 1.165) is 12.2 Å². The van der Waals surface area contributed by atoms with Crippen molar-refractivity contribution in [3.63, 3.8) is 0 Å². The highest BCUT2D eigenvalue weighted by Gasteiger charge is 2.39. The number of amides is 2. The summed E-state index contributed by atoms with van der Waals surface area (Å²) in [4.78, 5) is 16.0. The van der Waals surface area contributed by atoms with Crippen LogP contribution in [0.5, 0.6) is 0 Å². The first-order chi connectivity index (χ1) is 12.1. The number of hydrogen-bond donors (Lipinski definition) is 2. The first-order valence-electron chi connectivity index (χ1n) is 8.98. The summed E-state index contributed by atoms with van der Waals surface area (Å²) in [5.41, 5.74) is 0. The van der Waals surface area contributed by atoms with Crippen molar-refractivity contribution in [2.75, 3.05) is 32.9 Å². The highest BCUT2D eigenvalue weighted by atomic mass is 28.4. The molecule has 1 heterocycles. The lowest BCUT2D eigenvalue weighted by molar-refractivity contribution is 0.0708. The number of aryl methyl sites for hydroxylation is 1. The predicted octanol–water partition coefficient (Wildman–Crippen LogP) is 1.93. The Kier molecular flexibility index (Phi) is 10.4. The van der Waals surface area contributed by atoms with Crippen LogP contribution in [0.3, 0.4) is 0 Å². The summed E-state index contributed by atoms with van der Waals surface area (Å²) in [5, 5.41) is 5.70. The van der Waals surface area contributed by atoms with E-state index in [0.29, 0.717) is 45.5 Å². The summed E-state index contributed by atoms with van der Waals surface area (Å²) in [6.45, 7) is 11.2. The van der Waals surface area contributed by atoms with E-state index in [1.54, 1.807) is 6.20 Å². The van der Waals surface area contributed by atoms with Gasteiger partial charge in [-0.25, -0.2) is 9.78 Å². The maximum Gasteiger partial charge on any atom is 0.500 e. The second-order valence-electron chi connectivity index (χ2n) is 5.44. The molecule has 0 aliphatic heterocycles. The summed E-state index contributed by atoms with van der Waals surface area (Å²) >= 11 is 0. The molecule has 0 spiro atoms. The molecule has 2 N–H and O–H groups in total. The molecule has 0 aromatic carbocycles. The molecule has 8 nitrogen and oxygen atoms in total. The zero-order valence-corrected chi connectivity index (χ0v) is 16.8. The molecule has 9 heteroatoms. The molecule has 0 atom stereocenters.